The maximum Gasteiger partial charge on any atom is 0.280 e. The Kier molecular flexibility index (Phi) is 4.14. The summed E-state index contributed by atoms with van der Waals surface area (Å²) in [7, 11) is 1.34. The molecule has 0 saturated carbocycles. The first-order chi connectivity index (χ1) is 7.63. The van der Waals surface area contributed by atoms with E-state index in [9.17, 15) is 8.78 Å². The van der Waals surface area contributed by atoms with Crippen molar-refractivity contribution in [3.63, 3.8) is 0 Å². The lowest BCUT2D eigenvalue weighted by molar-refractivity contribution is 0.143. The Hall–Kier alpha value is -1.74. The van der Waals surface area contributed by atoms with E-state index in [0.29, 0.717) is 5.56 Å². The van der Waals surface area contributed by atoms with Gasteiger partial charge in [-0.15, -0.1) is 0 Å². The predicted molar refractivity (Wildman–Crippen MR) is 53.0 cm³/mol. The summed E-state index contributed by atoms with van der Waals surface area (Å²) < 4.78 is 30.2. The molecule has 0 fully saturated rings. The van der Waals surface area contributed by atoms with Crippen LogP contribution in [-0.2, 0) is 13.0 Å². The van der Waals surface area contributed by atoms with Crippen molar-refractivity contribution in [2.75, 3.05) is 7.11 Å². The summed E-state index contributed by atoms with van der Waals surface area (Å²) >= 11 is 0. The molecule has 1 aromatic heterocycles. The summed E-state index contributed by atoms with van der Waals surface area (Å²) in [6.45, 7) is 0.0651. The molecular formula is C10H11F2N3O. The van der Waals surface area contributed by atoms with Gasteiger partial charge in [0.2, 0.25) is 5.88 Å². The van der Waals surface area contributed by atoms with Gasteiger partial charge in [-0.3, -0.25) is 0 Å². The molecule has 2 N–H and O–H groups in total. The van der Waals surface area contributed by atoms with Gasteiger partial charge < -0.3 is 10.5 Å². The van der Waals surface area contributed by atoms with E-state index in [2.05, 4.69) is 4.98 Å². The highest BCUT2D eigenvalue weighted by molar-refractivity contribution is 5.37. The van der Waals surface area contributed by atoms with Gasteiger partial charge in [-0.1, -0.05) is 0 Å². The van der Waals surface area contributed by atoms with Crippen molar-refractivity contribution < 1.29 is 13.5 Å². The van der Waals surface area contributed by atoms with Crippen LogP contribution in [0.4, 0.5) is 8.78 Å². The minimum absolute atomic E-state index is 0.0651. The predicted octanol–water partition coefficient (Wildman–Crippen LogP) is 1.55. The molecular weight excluding hydrogens is 216 g/mol. The van der Waals surface area contributed by atoms with Crippen LogP contribution in [0.3, 0.4) is 0 Å². The van der Waals surface area contributed by atoms with Crippen molar-refractivity contribution in [2.24, 2.45) is 5.73 Å². The summed E-state index contributed by atoms with van der Waals surface area (Å²) in [6.07, 6.45) is -2.88. The average Bonchev–Trinajstić information content (AvgIpc) is 2.29. The Morgan fingerprint density at radius 2 is 2.31 bits per heavy atom. The Labute approximate surface area is 91.7 Å². The van der Waals surface area contributed by atoms with Crippen molar-refractivity contribution in [3.8, 4) is 11.9 Å². The fourth-order valence-electron chi connectivity index (χ4n) is 1.37. The van der Waals surface area contributed by atoms with Gasteiger partial charge in [-0.2, -0.15) is 5.26 Å². The van der Waals surface area contributed by atoms with Crippen molar-refractivity contribution in [1.29, 1.82) is 5.26 Å². The molecule has 0 aliphatic rings. The molecule has 0 bridgehead atoms. The second kappa shape index (κ2) is 5.37. The number of nitrogens with zero attached hydrogens (tertiary/aromatic N) is 2. The maximum absolute atomic E-state index is 12.7. The van der Waals surface area contributed by atoms with Crippen LogP contribution < -0.4 is 10.5 Å². The highest BCUT2D eigenvalue weighted by atomic mass is 19.3. The minimum atomic E-state index is -2.75. The zero-order valence-electron chi connectivity index (χ0n) is 8.70. The molecule has 0 aromatic carbocycles. The maximum atomic E-state index is 12.7. The number of pyridine rings is 1. The lowest BCUT2D eigenvalue weighted by atomic mass is 10.0. The number of ether oxygens (including phenoxy) is 1. The third-order valence-electron chi connectivity index (χ3n) is 2.12. The second-order valence-corrected chi connectivity index (χ2v) is 3.03. The van der Waals surface area contributed by atoms with Gasteiger partial charge >= 0.3 is 0 Å². The lowest BCUT2D eigenvalue weighted by Gasteiger charge is -2.12. The number of hydrogen-bond acceptors (Lipinski definition) is 4. The van der Waals surface area contributed by atoms with Gasteiger partial charge in [0.15, 0.2) is 0 Å². The van der Waals surface area contributed by atoms with E-state index in [0.717, 1.165) is 0 Å². The third kappa shape index (κ3) is 2.44. The fourth-order valence-corrected chi connectivity index (χ4v) is 1.37. The topological polar surface area (TPSA) is 71.9 Å². The molecule has 6 heteroatoms. The van der Waals surface area contributed by atoms with Crippen molar-refractivity contribution >= 4 is 0 Å². The number of halogens is 2. The third-order valence-corrected chi connectivity index (χ3v) is 2.12. The van der Waals surface area contributed by atoms with Crippen molar-refractivity contribution in [3.05, 3.63) is 22.9 Å². The number of rotatable bonds is 4. The first kappa shape index (κ1) is 12.3. The van der Waals surface area contributed by atoms with E-state index in [4.69, 9.17) is 15.7 Å². The Morgan fingerprint density at radius 1 is 1.62 bits per heavy atom. The quantitative estimate of drug-likeness (QED) is 0.847. The molecule has 0 unspecified atom stereocenters. The van der Waals surface area contributed by atoms with E-state index in [1.54, 1.807) is 0 Å². The SMILES string of the molecule is COc1cc(CN)c(CC#N)c(C(F)F)n1. The summed E-state index contributed by atoms with van der Waals surface area (Å²) in [5.41, 5.74) is 5.66. The van der Waals surface area contributed by atoms with Crippen LogP contribution in [0.2, 0.25) is 0 Å². The van der Waals surface area contributed by atoms with Crippen LogP contribution >= 0.6 is 0 Å². The first-order valence-electron chi connectivity index (χ1n) is 4.55. The largest absolute Gasteiger partial charge is 0.481 e. The Balaban J connectivity index is 3.36. The van der Waals surface area contributed by atoms with Gasteiger partial charge in [0.25, 0.3) is 6.43 Å². The molecule has 86 valence electrons. The van der Waals surface area contributed by atoms with Crippen LogP contribution in [0.15, 0.2) is 6.07 Å². The molecule has 0 aliphatic heterocycles. The van der Waals surface area contributed by atoms with Gasteiger partial charge in [0.1, 0.15) is 5.69 Å². The van der Waals surface area contributed by atoms with E-state index in [1.807, 2.05) is 6.07 Å². The average molecular weight is 227 g/mol. The molecule has 0 aliphatic carbocycles. The molecule has 0 saturated heterocycles. The number of nitriles is 1. The van der Waals surface area contributed by atoms with Crippen molar-refractivity contribution in [1.82, 2.24) is 4.98 Å². The standard InChI is InChI=1S/C10H11F2N3O/c1-16-8-4-6(5-14)7(2-3-13)9(15-8)10(11)12/h4,10H,2,5,14H2,1H3. The molecule has 0 spiro atoms. The zero-order valence-corrected chi connectivity index (χ0v) is 8.70. The minimum Gasteiger partial charge on any atom is -0.481 e. The summed E-state index contributed by atoms with van der Waals surface area (Å²) in [5, 5.41) is 8.58. The second-order valence-electron chi connectivity index (χ2n) is 3.03. The Morgan fingerprint density at radius 3 is 2.75 bits per heavy atom. The zero-order chi connectivity index (χ0) is 12.1. The molecule has 4 nitrogen and oxygen atoms in total. The van der Waals surface area contributed by atoms with Gasteiger partial charge in [-0.05, 0) is 11.1 Å². The first-order valence-corrected chi connectivity index (χ1v) is 4.55. The highest BCUT2D eigenvalue weighted by Gasteiger charge is 2.19. The van der Waals surface area contributed by atoms with Crippen LogP contribution in [0, 0.1) is 11.3 Å². The fraction of sp³-hybridized carbons (Fsp3) is 0.400. The van der Waals surface area contributed by atoms with Gasteiger partial charge in [-0.25, -0.2) is 13.8 Å². The summed E-state index contributed by atoms with van der Waals surface area (Å²) in [6, 6.07) is 3.29. The molecule has 0 radical (unpaired) electrons. The molecule has 0 amide bonds. The number of methoxy groups -OCH3 is 1. The molecule has 1 rings (SSSR count). The Bertz CT molecular complexity index is 415. The smallest absolute Gasteiger partial charge is 0.280 e. The van der Waals surface area contributed by atoms with E-state index in [-0.39, 0.29) is 24.4 Å². The van der Waals surface area contributed by atoms with Crippen LogP contribution in [0.5, 0.6) is 5.88 Å². The van der Waals surface area contributed by atoms with E-state index >= 15 is 0 Å². The summed E-state index contributed by atoms with van der Waals surface area (Å²) in [5.74, 6) is 0.0810. The van der Waals surface area contributed by atoms with Gasteiger partial charge in [0, 0.05) is 12.6 Å². The molecule has 1 aromatic rings. The number of hydrogen-bond donors (Lipinski definition) is 1. The summed E-state index contributed by atoms with van der Waals surface area (Å²) in [4.78, 5) is 3.64. The van der Waals surface area contributed by atoms with Crippen LogP contribution in [0.25, 0.3) is 0 Å². The number of aromatic nitrogens is 1. The highest BCUT2D eigenvalue weighted by Crippen LogP contribution is 2.27. The van der Waals surface area contributed by atoms with Crippen LogP contribution in [0.1, 0.15) is 23.2 Å². The molecule has 1 heterocycles. The van der Waals surface area contributed by atoms with Gasteiger partial charge in [0.05, 0.1) is 19.6 Å². The van der Waals surface area contributed by atoms with E-state index < -0.39 is 12.1 Å². The number of nitrogens with two attached hydrogens (primary N) is 1. The number of alkyl halides is 2. The van der Waals surface area contributed by atoms with Crippen molar-refractivity contribution in [2.45, 2.75) is 19.4 Å². The normalized spacial score (nSPS) is 10.2. The lowest BCUT2D eigenvalue weighted by Crippen LogP contribution is -2.08. The monoisotopic (exact) mass is 227 g/mol. The van der Waals surface area contributed by atoms with Crippen LogP contribution in [-0.4, -0.2) is 12.1 Å². The molecule has 0 atom stereocenters. The molecule has 16 heavy (non-hydrogen) atoms. The van der Waals surface area contributed by atoms with E-state index in [1.165, 1.54) is 13.2 Å².